The van der Waals surface area contributed by atoms with Gasteiger partial charge in [0.1, 0.15) is 6.61 Å². The van der Waals surface area contributed by atoms with Crippen LogP contribution in [-0.4, -0.2) is 56.0 Å². The number of carbonyl (C=O) groups excluding carboxylic acids is 1. The molecule has 5 heteroatoms. The highest BCUT2D eigenvalue weighted by molar-refractivity contribution is 5.68. The fraction of sp³-hybridized carbons (Fsp3) is 0.909. The van der Waals surface area contributed by atoms with E-state index >= 15 is 0 Å². The summed E-state index contributed by atoms with van der Waals surface area (Å²) in [5, 5.41) is 2.75. The van der Waals surface area contributed by atoms with E-state index in [1.807, 2.05) is 20.8 Å². The molecule has 0 aromatic rings. The van der Waals surface area contributed by atoms with Crippen LogP contribution in [0, 0.1) is 0 Å². The molecule has 1 N–H and O–H groups in total. The third-order valence-corrected chi connectivity index (χ3v) is 2.22. The van der Waals surface area contributed by atoms with E-state index in [0.717, 1.165) is 32.8 Å². The van der Waals surface area contributed by atoms with Crippen LogP contribution in [0.5, 0.6) is 0 Å². The zero-order chi connectivity index (χ0) is 12.0. The number of amides is 1. The molecule has 0 aliphatic carbocycles. The molecule has 1 rings (SSSR count). The van der Waals surface area contributed by atoms with Gasteiger partial charge in [-0.2, -0.15) is 0 Å². The minimum atomic E-state index is -0.347. The summed E-state index contributed by atoms with van der Waals surface area (Å²) < 4.78 is 10.3. The number of alkyl carbamates (subject to hydrolysis) is 1. The molecule has 0 aromatic heterocycles. The molecule has 0 unspecified atom stereocenters. The van der Waals surface area contributed by atoms with Crippen molar-refractivity contribution in [2.45, 2.75) is 26.3 Å². The molecular weight excluding hydrogens is 208 g/mol. The van der Waals surface area contributed by atoms with Crippen molar-refractivity contribution in [1.29, 1.82) is 0 Å². The molecule has 16 heavy (non-hydrogen) atoms. The molecule has 1 aliphatic heterocycles. The Morgan fingerprint density at radius 2 is 2.00 bits per heavy atom. The second-order valence-electron chi connectivity index (χ2n) is 4.96. The molecule has 1 amide bonds. The minimum absolute atomic E-state index is 0.240. The smallest absolute Gasteiger partial charge is 0.407 e. The van der Waals surface area contributed by atoms with Gasteiger partial charge in [-0.1, -0.05) is 0 Å². The highest BCUT2D eigenvalue weighted by atomic mass is 16.5. The predicted molar refractivity (Wildman–Crippen MR) is 61.5 cm³/mol. The Morgan fingerprint density at radius 3 is 2.56 bits per heavy atom. The average Bonchev–Trinajstić information content (AvgIpc) is 2.16. The van der Waals surface area contributed by atoms with Crippen LogP contribution in [0.15, 0.2) is 0 Å². The quantitative estimate of drug-likeness (QED) is 0.780. The van der Waals surface area contributed by atoms with Crippen LogP contribution in [0.25, 0.3) is 0 Å². The van der Waals surface area contributed by atoms with Crippen molar-refractivity contribution in [2.24, 2.45) is 0 Å². The molecule has 1 aliphatic rings. The van der Waals surface area contributed by atoms with E-state index in [4.69, 9.17) is 9.47 Å². The van der Waals surface area contributed by atoms with Gasteiger partial charge in [-0.15, -0.1) is 0 Å². The third-order valence-electron chi connectivity index (χ3n) is 2.22. The minimum Gasteiger partial charge on any atom is -0.448 e. The van der Waals surface area contributed by atoms with Crippen LogP contribution in [0.4, 0.5) is 4.79 Å². The Morgan fingerprint density at radius 1 is 1.38 bits per heavy atom. The van der Waals surface area contributed by atoms with E-state index in [1.165, 1.54) is 0 Å². The molecule has 0 radical (unpaired) electrons. The Bertz CT molecular complexity index is 220. The van der Waals surface area contributed by atoms with Crippen molar-refractivity contribution >= 4 is 6.09 Å². The van der Waals surface area contributed by atoms with Crippen LogP contribution < -0.4 is 5.32 Å². The van der Waals surface area contributed by atoms with Crippen LogP contribution >= 0.6 is 0 Å². The third kappa shape index (κ3) is 5.92. The first kappa shape index (κ1) is 13.3. The fourth-order valence-electron chi connectivity index (χ4n) is 1.43. The molecule has 1 heterocycles. The molecular formula is C11H22N2O3. The Hall–Kier alpha value is -0.810. The standard InChI is InChI=1S/C11H22N2O3/c1-11(2,3)12-10(14)16-9-6-13-4-7-15-8-5-13/h4-9H2,1-3H3,(H,12,14). The largest absolute Gasteiger partial charge is 0.448 e. The summed E-state index contributed by atoms with van der Waals surface area (Å²) >= 11 is 0. The average molecular weight is 230 g/mol. The Labute approximate surface area is 97.1 Å². The normalized spacial score (nSPS) is 18.2. The summed E-state index contributed by atoms with van der Waals surface area (Å²) in [5.41, 5.74) is -0.240. The highest BCUT2D eigenvalue weighted by Gasteiger charge is 2.15. The molecule has 1 saturated heterocycles. The lowest BCUT2D eigenvalue weighted by atomic mass is 10.1. The van der Waals surface area contributed by atoms with Crippen LogP contribution in [0.3, 0.4) is 0 Å². The van der Waals surface area contributed by atoms with Gasteiger partial charge in [0.25, 0.3) is 0 Å². The van der Waals surface area contributed by atoms with E-state index in [0.29, 0.717) is 6.61 Å². The van der Waals surface area contributed by atoms with Gasteiger partial charge >= 0.3 is 6.09 Å². The monoisotopic (exact) mass is 230 g/mol. The first-order valence-electron chi connectivity index (χ1n) is 5.72. The molecule has 0 bridgehead atoms. The topological polar surface area (TPSA) is 50.8 Å². The fourth-order valence-corrected chi connectivity index (χ4v) is 1.43. The zero-order valence-electron chi connectivity index (χ0n) is 10.4. The van der Waals surface area contributed by atoms with Gasteiger partial charge in [-0.05, 0) is 20.8 Å². The zero-order valence-corrected chi connectivity index (χ0v) is 10.4. The van der Waals surface area contributed by atoms with Gasteiger partial charge in [-0.3, -0.25) is 4.90 Å². The van der Waals surface area contributed by atoms with Gasteiger partial charge in [0, 0.05) is 25.2 Å². The highest BCUT2D eigenvalue weighted by Crippen LogP contribution is 2.00. The number of nitrogens with one attached hydrogen (secondary N) is 1. The van der Waals surface area contributed by atoms with Crippen molar-refractivity contribution in [3.8, 4) is 0 Å². The summed E-state index contributed by atoms with van der Waals surface area (Å²) in [6, 6.07) is 0. The first-order chi connectivity index (χ1) is 7.47. The van der Waals surface area contributed by atoms with E-state index in [9.17, 15) is 4.79 Å². The summed E-state index contributed by atoms with van der Waals surface area (Å²) in [7, 11) is 0. The first-order valence-corrected chi connectivity index (χ1v) is 5.72. The summed E-state index contributed by atoms with van der Waals surface area (Å²) in [5.74, 6) is 0. The lowest BCUT2D eigenvalue weighted by molar-refractivity contribution is 0.0277. The lowest BCUT2D eigenvalue weighted by Gasteiger charge is -2.26. The lowest BCUT2D eigenvalue weighted by Crippen LogP contribution is -2.43. The molecule has 94 valence electrons. The van der Waals surface area contributed by atoms with Gasteiger partial charge in [0.05, 0.1) is 13.2 Å². The molecule has 1 fully saturated rings. The van der Waals surface area contributed by atoms with Crippen LogP contribution in [-0.2, 0) is 9.47 Å². The van der Waals surface area contributed by atoms with Gasteiger partial charge in [0.2, 0.25) is 0 Å². The molecule has 0 spiro atoms. The SMILES string of the molecule is CC(C)(C)NC(=O)OCCN1CCOCC1. The predicted octanol–water partition coefficient (Wildman–Crippen LogP) is 0.843. The van der Waals surface area contributed by atoms with E-state index in [2.05, 4.69) is 10.2 Å². The number of carbonyl (C=O) groups is 1. The van der Waals surface area contributed by atoms with Crippen molar-refractivity contribution in [2.75, 3.05) is 39.5 Å². The number of nitrogens with zero attached hydrogens (tertiary/aromatic N) is 1. The van der Waals surface area contributed by atoms with E-state index in [1.54, 1.807) is 0 Å². The molecule has 5 nitrogen and oxygen atoms in total. The molecule has 0 aromatic carbocycles. The summed E-state index contributed by atoms with van der Waals surface area (Å²) in [6.07, 6.45) is -0.347. The number of hydrogen-bond donors (Lipinski definition) is 1. The van der Waals surface area contributed by atoms with Gasteiger partial charge < -0.3 is 14.8 Å². The van der Waals surface area contributed by atoms with Crippen molar-refractivity contribution < 1.29 is 14.3 Å². The number of hydrogen-bond acceptors (Lipinski definition) is 4. The molecule has 0 saturated carbocycles. The number of rotatable bonds is 3. The van der Waals surface area contributed by atoms with Crippen molar-refractivity contribution in [1.82, 2.24) is 10.2 Å². The maximum atomic E-state index is 11.3. The van der Waals surface area contributed by atoms with Crippen LogP contribution in [0.2, 0.25) is 0 Å². The van der Waals surface area contributed by atoms with Crippen molar-refractivity contribution in [3.63, 3.8) is 0 Å². The molecule has 0 atom stereocenters. The second kappa shape index (κ2) is 6.06. The maximum Gasteiger partial charge on any atom is 0.407 e. The summed E-state index contributed by atoms with van der Waals surface area (Å²) in [4.78, 5) is 13.6. The van der Waals surface area contributed by atoms with Crippen LogP contribution in [0.1, 0.15) is 20.8 Å². The van der Waals surface area contributed by atoms with Crippen molar-refractivity contribution in [3.05, 3.63) is 0 Å². The van der Waals surface area contributed by atoms with Gasteiger partial charge in [-0.25, -0.2) is 4.79 Å². The number of morpholine rings is 1. The number of ether oxygens (including phenoxy) is 2. The van der Waals surface area contributed by atoms with E-state index in [-0.39, 0.29) is 11.6 Å². The second-order valence-corrected chi connectivity index (χ2v) is 4.96. The summed E-state index contributed by atoms with van der Waals surface area (Å²) in [6.45, 7) is 10.4. The Balaban J connectivity index is 2.08. The van der Waals surface area contributed by atoms with E-state index < -0.39 is 0 Å². The Kier molecular flexibility index (Phi) is 5.02. The van der Waals surface area contributed by atoms with Gasteiger partial charge in [0.15, 0.2) is 0 Å². The maximum absolute atomic E-state index is 11.3.